The SMILES string of the molecule is C=CC(=N)c1nc2c(c(N(C)CC(=O)NCc3ccccn3)n1)CCC2. The average molecular weight is 350 g/mol. The Morgan fingerprint density at radius 2 is 2.23 bits per heavy atom. The molecule has 2 N–H and O–H groups in total. The third kappa shape index (κ3) is 3.93. The summed E-state index contributed by atoms with van der Waals surface area (Å²) < 4.78 is 0. The van der Waals surface area contributed by atoms with E-state index in [1.165, 1.54) is 6.08 Å². The summed E-state index contributed by atoms with van der Waals surface area (Å²) in [6, 6.07) is 5.60. The van der Waals surface area contributed by atoms with Crippen LogP contribution >= 0.6 is 0 Å². The van der Waals surface area contributed by atoms with Crippen molar-refractivity contribution in [2.75, 3.05) is 18.5 Å². The molecule has 0 bridgehead atoms. The highest BCUT2D eigenvalue weighted by atomic mass is 16.2. The fourth-order valence-corrected chi connectivity index (χ4v) is 2.98. The predicted octanol–water partition coefficient (Wildman–Crippen LogP) is 1.67. The normalized spacial score (nSPS) is 12.3. The summed E-state index contributed by atoms with van der Waals surface area (Å²) in [6.07, 6.45) is 5.92. The standard InChI is InChI=1S/C19H22N6O/c1-3-15(20)18-23-16-9-6-8-14(16)19(24-18)25(2)12-17(26)22-11-13-7-4-5-10-21-13/h3-5,7,10,20H,1,6,8-9,11-12H2,2H3,(H,22,26). The lowest BCUT2D eigenvalue weighted by Crippen LogP contribution is -2.36. The van der Waals surface area contributed by atoms with Crippen LogP contribution in [0.2, 0.25) is 0 Å². The molecule has 26 heavy (non-hydrogen) atoms. The number of pyridine rings is 1. The third-order valence-electron chi connectivity index (χ3n) is 4.29. The van der Waals surface area contributed by atoms with Crippen LogP contribution in [0.15, 0.2) is 37.1 Å². The number of fused-ring (bicyclic) bond motifs is 1. The molecule has 7 heteroatoms. The molecule has 0 unspecified atom stereocenters. The summed E-state index contributed by atoms with van der Waals surface area (Å²) in [5.74, 6) is 0.974. The maximum absolute atomic E-state index is 12.3. The number of anilines is 1. The minimum atomic E-state index is -0.108. The van der Waals surface area contributed by atoms with Crippen molar-refractivity contribution >= 4 is 17.4 Å². The fraction of sp³-hybridized carbons (Fsp3) is 0.316. The smallest absolute Gasteiger partial charge is 0.239 e. The highest BCUT2D eigenvalue weighted by Crippen LogP contribution is 2.28. The van der Waals surface area contributed by atoms with E-state index in [1.807, 2.05) is 30.1 Å². The van der Waals surface area contributed by atoms with Crippen LogP contribution in [0.4, 0.5) is 5.82 Å². The van der Waals surface area contributed by atoms with E-state index in [0.29, 0.717) is 12.4 Å². The molecule has 2 heterocycles. The van der Waals surface area contributed by atoms with Crippen LogP contribution in [0.3, 0.4) is 0 Å². The lowest BCUT2D eigenvalue weighted by Gasteiger charge is -2.21. The van der Waals surface area contributed by atoms with Crippen molar-refractivity contribution in [2.45, 2.75) is 25.8 Å². The Morgan fingerprint density at radius 3 is 2.96 bits per heavy atom. The number of aryl methyl sites for hydroxylation is 1. The molecule has 2 aromatic rings. The predicted molar refractivity (Wildman–Crippen MR) is 100 cm³/mol. The maximum atomic E-state index is 12.3. The monoisotopic (exact) mass is 350 g/mol. The number of nitrogens with one attached hydrogen (secondary N) is 2. The average Bonchev–Trinajstić information content (AvgIpc) is 3.14. The van der Waals surface area contributed by atoms with E-state index < -0.39 is 0 Å². The van der Waals surface area contributed by atoms with E-state index in [-0.39, 0.29) is 18.2 Å². The number of allylic oxidation sites excluding steroid dienone is 1. The lowest BCUT2D eigenvalue weighted by atomic mass is 10.2. The van der Waals surface area contributed by atoms with Gasteiger partial charge in [0.25, 0.3) is 0 Å². The highest BCUT2D eigenvalue weighted by molar-refractivity contribution is 6.03. The van der Waals surface area contributed by atoms with Crippen molar-refractivity contribution in [3.8, 4) is 0 Å². The molecule has 7 nitrogen and oxygen atoms in total. The first kappa shape index (κ1) is 17.7. The molecular weight excluding hydrogens is 328 g/mol. The van der Waals surface area contributed by atoms with E-state index >= 15 is 0 Å². The Labute approximate surface area is 152 Å². The third-order valence-corrected chi connectivity index (χ3v) is 4.29. The van der Waals surface area contributed by atoms with Gasteiger partial charge < -0.3 is 10.2 Å². The molecule has 1 aliphatic carbocycles. The van der Waals surface area contributed by atoms with Crippen LogP contribution in [0.5, 0.6) is 0 Å². The Bertz CT molecular complexity index is 833. The van der Waals surface area contributed by atoms with Crippen molar-refractivity contribution in [1.29, 1.82) is 5.41 Å². The number of hydrogen-bond acceptors (Lipinski definition) is 6. The summed E-state index contributed by atoms with van der Waals surface area (Å²) in [7, 11) is 1.84. The van der Waals surface area contributed by atoms with Crippen LogP contribution in [0.25, 0.3) is 0 Å². The quantitative estimate of drug-likeness (QED) is 0.741. The molecule has 0 aliphatic heterocycles. The van der Waals surface area contributed by atoms with Crippen molar-refractivity contribution in [1.82, 2.24) is 20.3 Å². The number of carbonyl (C=O) groups is 1. The van der Waals surface area contributed by atoms with Crippen LogP contribution in [0, 0.1) is 5.41 Å². The second-order valence-electron chi connectivity index (χ2n) is 6.22. The second-order valence-corrected chi connectivity index (χ2v) is 6.22. The van der Waals surface area contributed by atoms with Gasteiger partial charge in [0.2, 0.25) is 5.91 Å². The first-order valence-electron chi connectivity index (χ1n) is 8.57. The van der Waals surface area contributed by atoms with Gasteiger partial charge in [-0.2, -0.15) is 0 Å². The molecule has 2 aromatic heterocycles. The number of aromatic nitrogens is 3. The Hall–Kier alpha value is -3.09. The zero-order valence-electron chi connectivity index (χ0n) is 14.8. The number of rotatable bonds is 7. The van der Waals surface area contributed by atoms with Gasteiger partial charge in [0.05, 0.1) is 24.5 Å². The number of nitrogens with zero attached hydrogens (tertiary/aromatic N) is 4. The number of likely N-dealkylation sites (N-methyl/N-ethyl adjacent to an activating group) is 1. The molecule has 0 saturated heterocycles. The van der Waals surface area contributed by atoms with E-state index in [1.54, 1.807) is 6.20 Å². The fourth-order valence-electron chi connectivity index (χ4n) is 2.98. The molecule has 0 radical (unpaired) electrons. The van der Waals surface area contributed by atoms with Crippen LogP contribution < -0.4 is 10.2 Å². The van der Waals surface area contributed by atoms with Crippen LogP contribution in [0.1, 0.15) is 29.2 Å². The molecule has 0 saturated carbocycles. The summed E-state index contributed by atoms with van der Waals surface area (Å²) in [5.41, 5.74) is 3.05. The first-order valence-corrected chi connectivity index (χ1v) is 8.57. The van der Waals surface area contributed by atoms with Crippen LogP contribution in [-0.2, 0) is 24.2 Å². The van der Waals surface area contributed by atoms with Crippen molar-refractivity contribution in [3.05, 3.63) is 59.8 Å². The van der Waals surface area contributed by atoms with E-state index in [4.69, 9.17) is 5.41 Å². The Balaban J connectivity index is 1.71. The number of hydrogen-bond donors (Lipinski definition) is 2. The Morgan fingerprint density at radius 1 is 1.38 bits per heavy atom. The molecule has 0 atom stereocenters. The second kappa shape index (κ2) is 7.86. The summed E-state index contributed by atoms with van der Waals surface area (Å²) in [5, 5.41) is 10.8. The van der Waals surface area contributed by atoms with Gasteiger partial charge in [-0.1, -0.05) is 12.6 Å². The zero-order valence-corrected chi connectivity index (χ0v) is 14.8. The van der Waals surface area contributed by atoms with Crippen molar-refractivity contribution in [3.63, 3.8) is 0 Å². The lowest BCUT2D eigenvalue weighted by molar-refractivity contribution is -0.119. The number of carbonyl (C=O) groups excluding carboxylic acids is 1. The van der Waals surface area contributed by atoms with Gasteiger partial charge in [-0.3, -0.25) is 15.2 Å². The minimum absolute atomic E-state index is 0.108. The van der Waals surface area contributed by atoms with Gasteiger partial charge in [-0.15, -0.1) is 0 Å². The topological polar surface area (TPSA) is 94.9 Å². The molecule has 0 spiro atoms. The summed E-state index contributed by atoms with van der Waals surface area (Å²) in [6.45, 7) is 4.19. The van der Waals surface area contributed by atoms with Gasteiger partial charge in [-0.05, 0) is 37.5 Å². The summed E-state index contributed by atoms with van der Waals surface area (Å²) in [4.78, 5) is 27.3. The van der Waals surface area contributed by atoms with Gasteiger partial charge in [0.1, 0.15) is 5.82 Å². The minimum Gasteiger partial charge on any atom is -0.350 e. The number of amides is 1. The van der Waals surface area contributed by atoms with E-state index in [9.17, 15) is 4.79 Å². The molecule has 1 aliphatic rings. The van der Waals surface area contributed by atoms with Gasteiger partial charge in [-0.25, -0.2) is 9.97 Å². The molecule has 134 valence electrons. The maximum Gasteiger partial charge on any atom is 0.239 e. The van der Waals surface area contributed by atoms with Crippen LogP contribution in [-0.4, -0.2) is 40.2 Å². The van der Waals surface area contributed by atoms with Gasteiger partial charge in [0, 0.05) is 24.5 Å². The molecular formula is C19H22N6O. The zero-order chi connectivity index (χ0) is 18.5. The summed E-state index contributed by atoms with van der Waals surface area (Å²) >= 11 is 0. The Kier molecular flexibility index (Phi) is 5.36. The molecule has 1 amide bonds. The van der Waals surface area contributed by atoms with Gasteiger partial charge in [0.15, 0.2) is 5.82 Å². The highest BCUT2D eigenvalue weighted by Gasteiger charge is 2.23. The molecule has 3 rings (SSSR count). The van der Waals surface area contributed by atoms with Crippen molar-refractivity contribution in [2.24, 2.45) is 0 Å². The molecule has 0 aromatic carbocycles. The van der Waals surface area contributed by atoms with Gasteiger partial charge >= 0.3 is 0 Å². The molecule has 0 fully saturated rings. The van der Waals surface area contributed by atoms with E-state index in [2.05, 4.69) is 26.8 Å². The van der Waals surface area contributed by atoms with Crippen molar-refractivity contribution < 1.29 is 4.79 Å². The first-order chi connectivity index (χ1) is 12.6. The largest absolute Gasteiger partial charge is 0.350 e. The van der Waals surface area contributed by atoms with E-state index in [0.717, 1.165) is 42.0 Å².